The van der Waals surface area contributed by atoms with Gasteiger partial charge in [0.1, 0.15) is 12.3 Å². The minimum absolute atomic E-state index is 0.156. The second kappa shape index (κ2) is 7.44. The van der Waals surface area contributed by atoms with Gasteiger partial charge < -0.3 is 10.1 Å². The number of nitrogens with zero attached hydrogens (tertiary/aromatic N) is 1. The molecule has 0 radical (unpaired) electrons. The molecule has 7 heteroatoms. The molecule has 23 heavy (non-hydrogen) atoms. The highest BCUT2D eigenvalue weighted by molar-refractivity contribution is 5.76. The zero-order chi connectivity index (χ0) is 16.8. The van der Waals surface area contributed by atoms with Gasteiger partial charge in [0, 0.05) is 12.3 Å². The normalized spacial score (nSPS) is 11.7. The Labute approximate surface area is 132 Å². The van der Waals surface area contributed by atoms with Gasteiger partial charge in [-0.05, 0) is 31.5 Å². The van der Waals surface area contributed by atoms with E-state index in [0.717, 1.165) is 15.9 Å². The number of carbonyl (C=O) groups excluding carboxylic acids is 1. The quantitative estimate of drug-likeness (QED) is 0.824. The van der Waals surface area contributed by atoms with Crippen molar-refractivity contribution in [1.82, 2.24) is 14.9 Å². The second-order valence-corrected chi connectivity index (χ2v) is 5.03. The van der Waals surface area contributed by atoms with Crippen molar-refractivity contribution in [1.29, 1.82) is 0 Å². The van der Waals surface area contributed by atoms with Crippen molar-refractivity contribution >= 4 is 5.91 Å². The molecule has 1 aromatic heterocycles. The van der Waals surface area contributed by atoms with Crippen LogP contribution in [0.2, 0.25) is 0 Å². The van der Waals surface area contributed by atoms with E-state index in [2.05, 4.69) is 10.3 Å². The Balaban J connectivity index is 1.98. The zero-order valence-corrected chi connectivity index (χ0v) is 13.0. The van der Waals surface area contributed by atoms with Crippen LogP contribution in [0.15, 0.2) is 46.1 Å². The molecule has 0 fully saturated rings. The summed E-state index contributed by atoms with van der Waals surface area (Å²) in [6.45, 7) is 4.20. The number of carbonyl (C=O) groups is 1. The molecule has 2 N–H and O–H groups in total. The Morgan fingerprint density at radius 1 is 1.26 bits per heavy atom. The van der Waals surface area contributed by atoms with Gasteiger partial charge in [0.05, 0.1) is 12.6 Å². The number of benzene rings is 1. The molecule has 122 valence electrons. The van der Waals surface area contributed by atoms with Crippen LogP contribution in [0.5, 0.6) is 5.75 Å². The lowest BCUT2D eigenvalue weighted by atomic mass is 10.1. The van der Waals surface area contributed by atoms with E-state index >= 15 is 0 Å². The first-order valence-corrected chi connectivity index (χ1v) is 7.31. The second-order valence-electron chi connectivity index (χ2n) is 5.03. The van der Waals surface area contributed by atoms with Crippen molar-refractivity contribution in [3.8, 4) is 5.75 Å². The first-order valence-electron chi connectivity index (χ1n) is 7.31. The van der Waals surface area contributed by atoms with Crippen LogP contribution >= 0.6 is 0 Å². The molecule has 0 aliphatic carbocycles. The minimum Gasteiger partial charge on any atom is -0.494 e. The van der Waals surface area contributed by atoms with Crippen LogP contribution < -0.4 is 21.3 Å². The maximum absolute atomic E-state index is 12.0. The Morgan fingerprint density at radius 2 is 1.96 bits per heavy atom. The standard InChI is InChI=1S/C16H19N3O4/c1-3-23-13-6-4-12(5-7-13)11(2)17-15(21)10-19-9-8-14(20)18-16(19)22/h4-9,11H,3,10H2,1-2H3,(H,17,21)(H,18,20,22). The number of aromatic amines is 1. The monoisotopic (exact) mass is 317 g/mol. The van der Waals surface area contributed by atoms with Crippen molar-refractivity contribution in [3.63, 3.8) is 0 Å². The van der Waals surface area contributed by atoms with Gasteiger partial charge in [-0.25, -0.2) is 4.79 Å². The fraction of sp³-hybridized carbons (Fsp3) is 0.312. The third-order valence-corrected chi connectivity index (χ3v) is 3.28. The van der Waals surface area contributed by atoms with E-state index in [-0.39, 0.29) is 18.5 Å². The molecule has 2 rings (SSSR count). The lowest BCUT2D eigenvalue weighted by Gasteiger charge is -2.15. The van der Waals surface area contributed by atoms with E-state index < -0.39 is 11.2 Å². The Bertz CT molecular complexity index is 777. The minimum atomic E-state index is -0.610. The molecule has 1 amide bonds. The first-order chi connectivity index (χ1) is 11.0. The molecule has 1 aromatic carbocycles. The smallest absolute Gasteiger partial charge is 0.328 e. The van der Waals surface area contributed by atoms with Gasteiger partial charge >= 0.3 is 5.69 Å². The van der Waals surface area contributed by atoms with Crippen molar-refractivity contribution in [2.24, 2.45) is 0 Å². The summed E-state index contributed by atoms with van der Waals surface area (Å²) >= 11 is 0. The molecule has 0 aliphatic heterocycles. The van der Waals surface area contributed by atoms with Crippen molar-refractivity contribution in [2.45, 2.75) is 26.4 Å². The van der Waals surface area contributed by atoms with Gasteiger partial charge in [0.15, 0.2) is 0 Å². The van der Waals surface area contributed by atoms with E-state index in [1.54, 1.807) is 0 Å². The van der Waals surface area contributed by atoms with Crippen LogP contribution in [0.3, 0.4) is 0 Å². The topological polar surface area (TPSA) is 93.2 Å². The largest absolute Gasteiger partial charge is 0.494 e. The summed E-state index contributed by atoms with van der Waals surface area (Å²) in [7, 11) is 0. The van der Waals surface area contributed by atoms with E-state index in [9.17, 15) is 14.4 Å². The number of rotatable bonds is 6. The predicted molar refractivity (Wildman–Crippen MR) is 85.5 cm³/mol. The summed E-state index contributed by atoms with van der Waals surface area (Å²) in [5.41, 5.74) is -0.175. The number of aromatic nitrogens is 2. The van der Waals surface area contributed by atoms with Gasteiger partial charge in [-0.1, -0.05) is 12.1 Å². The van der Waals surface area contributed by atoms with Gasteiger partial charge in [-0.2, -0.15) is 0 Å². The molecule has 1 heterocycles. The summed E-state index contributed by atoms with van der Waals surface area (Å²) in [4.78, 5) is 36.6. The van der Waals surface area contributed by atoms with Crippen LogP contribution in [0.4, 0.5) is 0 Å². The number of nitrogens with one attached hydrogen (secondary N) is 2. The molecular formula is C16H19N3O4. The lowest BCUT2D eigenvalue weighted by molar-refractivity contribution is -0.122. The average Bonchev–Trinajstić information content (AvgIpc) is 2.51. The van der Waals surface area contributed by atoms with Crippen LogP contribution in [0.1, 0.15) is 25.5 Å². The number of ether oxygens (including phenoxy) is 1. The summed E-state index contributed by atoms with van der Waals surface area (Å²) in [6.07, 6.45) is 1.29. The molecule has 0 bridgehead atoms. The van der Waals surface area contributed by atoms with Crippen molar-refractivity contribution in [3.05, 3.63) is 62.9 Å². The summed E-state index contributed by atoms with van der Waals surface area (Å²) in [5, 5.41) is 2.81. The number of amides is 1. The third-order valence-electron chi connectivity index (χ3n) is 3.28. The molecule has 7 nitrogen and oxygen atoms in total. The summed E-state index contributed by atoms with van der Waals surface area (Å²) in [6, 6.07) is 8.42. The molecule has 2 aromatic rings. The van der Waals surface area contributed by atoms with Crippen LogP contribution in [-0.4, -0.2) is 22.1 Å². The summed E-state index contributed by atoms with van der Waals surface area (Å²) in [5.74, 6) is 0.454. The molecule has 0 saturated carbocycles. The van der Waals surface area contributed by atoms with E-state index in [1.165, 1.54) is 12.3 Å². The van der Waals surface area contributed by atoms with E-state index in [1.807, 2.05) is 38.1 Å². The third kappa shape index (κ3) is 4.57. The van der Waals surface area contributed by atoms with E-state index in [4.69, 9.17) is 4.74 Å². The Kier molecular flexibility index (Phi) is 5.35. The highest BCUT2D eigenvalue weighted by Crippen LogP contribution is 2.17. The van der Waals surface area contributed by atoms with Crippen molar-refractivity contribution < 1.29 is 9.53 Å². The molecule has 1 atom stereocenters. The number of hydrogen-bond donors (Lipinski definition) is 2. The van der Waals surface area contributed by atoms with Gasteiger partial charge in [0.25, 0.3) is 5.56 Å². The van der Waals surface area contributed by atoms with Crippen LogP contribution in [0.25, 0.3) is 0 Å². The SMILES string of the molecule is CCOc1ccc(C(C)NC(=O)Cn2ccc(=O)[nH]c2=O)cc1. The highest BCUT2D eigenvalue weighted by atomic mass is 16.5. The zero-order valence-electron chi connectivity index (χ0n) is 13.0. The number of H-pyrrole nitrogens is 1. The maximum atomic E-state index is 12.0. The molecule has 0 saturated heterocycles. The van der Waals surface area contributed by atoms with Gasteiger partial charge in [-0.3, -0.25) is 19.1 Å². The fourth-order valence-corrected chi connectivity index (χ4v) is 2.11. The molecular weight excluding hydrogens is 298 g/mol. The molecule has 0 aliphatic rings. The Hall–Kier alpha value is -2.83. The van der Waals surface area contributed by atoms with E-state index in [0.29, 0.717) is 6.61 Å². The number of hydrogen-bond acceptors (Lipinski definition) is 4. The predicted octanol–water partition coefficient (Wildman–Crippen LogP) is 0.813. The van der Waals surface area contributed by atoms with Gasteiger partial charge in [0.2, 0.25) is 5.91 Å². The first kappa shape index (κ1) is 16.5. The highest BCUT2D eigenvalue weighted by Gasteiger charge is 2.11. The maximum Gasteiger partial charge on any atom is 0.328 e. The van der Waals surface area contributed by atoms with Gasteiger partial charge in [-0.15, -0.1) is 0 Å². The van der Waals surface area contributed by atoms with Crippen molar-refractivity contribution in [2.75, 3.05) is 6.61 Å². The van der Waals surface area contributed by atoms with Crippen LogP contribution in [-0.2, 0) is 11.3 Å². The lowest BCUT2D eigenvalue weighted by Crippen LogP contribution is -2.36. The molecule has 0 spiro atoms. The van der Waals surface area contributed by atoms with Crippen LogP contribution in [0, 0.1) is 0 Å². The molecule has 1 unspecified atom stereocenters. The fourth-order valence-electron chi connectivity index (χ4n) is 2.11. The Morgan fingerprint density at radius 3 is 2.57 bits per heavy atom. The summed E-state index contributed by atoms with van der Waals surface area (Å²) < 4.78 is 6.51. The average molecular weight is 317 g/mol.